The maximum absolute atomic E-state index is 13.0. The second-order valence-corrected chi connectivity index (χ2v) is 7.53. The molecule has 3 aromatic rings. The molecular formula is C14H11FN4O2S3. The fourth-order valence-corrected chi connectivity index (χ4v) is 3.96. The third-order valence-corrected chi connectivity index (χ3v) is 5.19. The molecule has 6 nitrogen and oxygen atoms in total. The van der Waals surface area contributed by atoms with E-state index >= 15 is 0 Å². The highest BCUT2D eigenvalue weighted by Crippen LogP contribution is 2.24. The summed E-state index contributed by atoms with van der Waals surface area (Å²) >= 11 is 7.81. The Kier molecular flexibility index (Phi) is 5.07. The SMILES string of the molecule is Cc1cc(NC(=O)CSc2nn(-c3ccc(F)cc3)c(=S)s2)no1. The van der Waals surface area contributed by atoms with Gasteiger partial charge in [-0.15, -0.1) is 5.10 Å². The van der Waals surface area contributed by atoms with Crippen molar-refractivity contribution in [1.29, 1.82) is 0 Å². The van der Waals surface area contributed by atoms with Crippen LogP contribution >= 0.6 is 35.3 Å². The molecule has 0 saturated heterocycles. The van der Waals surface area contributed by atoms with Crippen LogP contribution in [0, 0.1) is 16.7 Å². The lowest BCUT2D eigenvalue weighted by atomic mass is 10.3. The summed E-state index contributed by atoms with van der Waals surface area (Å²) in [6, 6.07) is 7.51. The standard InChI is InChI=1S/C14H11FN4O2S3/c1-8-6-11(18-21-8)16-12(20)7-23-13-17-19(14(22)24-13)10-4-2-9(15)3-5-10/h2-6H,7H2,1H3,(H,16,18,20). The number of hydrogen-bond donors (Lipinski definition) is 1. The van der Waals surface area contributed by atoms with E-state index in [1.165, 1.54) is 35.2 Å². The predicted octanol–water partition coefficient (Wildman–Crippen LogP) is 3.83. The van der Waals surface area contributed by atoms with Crippen LogP contribution in [0.25, 0.3) is 5.69 Å². The van der Waals surface area contributed by atoms with Crippen LogP contribution in [-0.4, -0.2) is 26.6 Å². The average molecular weight is 382 g/mol. The first-order chi connectivity index (χ1) is 11.5. The number of benzene rings is 1. The van der Waals surface area contributed by atoms with Gasteiger partial charge in [0, 0.05) is 6.07 Å². The molecule has 0 aliphatic carbocycles. The molecule has 1 amide bonds. The first kappa shape index (κ1) is 16.8. The van der Waals surface area contributed by atoms with E-state index < -0.39 is 0 Å². The molecule has 24 heavy (non-hydrogen) atoms. The van der Waals surface area contributed by atoms with Crippen molar-refractivity contribution in [2.24, 2.45) is 0 Å². The van der Waals surface area contributed by atoms with Gasteiger partial charge in [0.05, 0.1) is 11.4 Å². The van der Waals surface area contributed by atoms with E-state index in [2.05, 4.69) is 15.6 Å². The summed E-state index contributed by atoms with van der Waals surface area (Å²) in [6.45, 7) is 1.74. The van der Waals surface area contributed by atoms with Gasteiger partial charge in [0.2, 0.25) is 5.91 Å². The van der Waals surface area contributed by atoms with E-state index in [4.69, 9.17) is 16.7 Å². The molecule has 0 radical (unpaired) electrons. The van der Waals surface area contributed by atoms with Crippen molar-refractivity contribution in [1.82, 2.24) is 14.9 Å². The van der Waals surface area contributed by atoms with E-state index in [0.717, 1.165) is 0 Å². The second-order valence-electron chi connectivity index (χ2n) is 4.68. The molecular weight excluding hydrogens is 371 g/mol. The number of amides is 1. The van der Waals surface area contributed by atoms with Gasteiger partial charge in [0.15, 0.2) is 14.1 Å². The molecule has 0 fully saturated rings. The van der Waals surface area contributed by atoms with Gasteiger partial charge in [-0.25, -0.2) is 9.07 Å². The van der Waals surface area contributed by atoms with Crippen molar-refractivity contribution in [3.63, 3.8) is 0 Å². The lowest BCUT2D eigenvalue weighted by molar-refractivity contribution is -0.113. The zero-order valence-electron chi connectivity index (χ0n) is 12.4. The number of nitrogens with zero attached hydrogens (tertiary/aromatic N) is 3. The number of nitrogens with one attached hydrogen (secondary N) is 1. The molecule has 10 heteroatoms. The van der Waals surface area contributed by atoms with Crippen molar-refractivity contribution < 1.29 is 13.7 Å². The Morgan fingerprint density at radius 2 is 2.21 bits per heavy atom. The Hall–Kier alpha value is -2.04. The number of carbonyl (C=O) groups is 1. The Balaban J connectivity index is 1.64. The van der Waals surface area contributed by atoms with Crippen LogP contribution in [0.5, 0.6) is 0 Å². The summed E-state index contributed by atoms with van der Waals surface area (Å²) in [5.41, 5.74) is 0.673. The molecule has 0 unspecified atom stereocenters. The van der Waals surface area contributed by atoms with Crippen molar-refractivity contribution >= 4 is 47.0 Å². The van der Waals surface area contributed by atoms with Gasteiger partial charge in [0.25, 0.3) is 0 Å². The zero-order chi connectivity index (χ0) is 17.1. The van der Waals surface area contributed by atoms with Gasteiger partial charge in [-0.05, 0) is 43.4 Å². The van der Waals surface area contributed by atoms with Gasteiger partial charge >= 0.3 is 0 Å². The molecule has 0 spiro atoms. The minimum atomic E-state index is -0.324. The van der Waals surface area contributed by atoms with Crippen molar-refractivity contribution in [2.45, 2.75) is 11.3 Å². The number of aromatic nitrogens is 3. The molecule has 1 N–H and O–H groups in total. The normalized spacial score (nSPS) is 10.8. The maximum Gasteiger partial charge on any atom is 0.236 e. The van der Waals surface area contributed by atoms with Crippen LogP contribution in [-0.2, 0) is 4.79 Å². The van der Waals surface area contributed by atoms with E-state index in [1.54, 1.807) is 29.8 Å². The molecule has 2 aromatic heterocycles. The smallest absolute Gasteiger partial charge is 0.236 e. The molecule has 0 aliphatic rings. The average Bonchev–Trinajstić information content (AvgIpc) is 3.12. The van der Waals surface area contributed by atoms with Crippen LogP contribution < -0.4 is 5.32 Å². The topological polar surface area (TPSA) is 73.0 Å². The van der Waals surface area contributed by atoms with Gasteiger partial charge in [-0.2, -0.15) is 0 Å². The Bertz CT molecular complexity index is 917. The van der Waals surface area contributed by atoms with E-state index in [1.807, 2.05) is 0 Å². The van der Waals surface area contributed by atoms with Gasteiger partial charge in [-0.1, -0.05) is 28.3 Å². The second kappa shape index (κ2) is 7.24. The summed E-state index contributed by atoms with van der Waals surface area (Å²) in [5.74, 6) is 0.617. The number of thioether (sulfide) groups is 1. The largest absolute Gasteiger partial charge is 0.360 e. The number of halogens is 1. The minimum Gasteiger partial charge on any atom is -0.360 e. The quantitative estimate of drug-likeness (QED) is 0.534. The van der Waals surface area contributed by atoms with Crippen LogP contribution in [0.1, 0.15) is 5.76 Å². The van der Waals surface area contributed by atoms with Crippen LogP contribution in [0.4, 0.5) is 10.2 Å². The van der Waals surface area contributed by atoms with Crippen molar-refractivity contribution in [3.8, 4) is 5.69 Å². The lowest BCUT2D eigenvalue weighted by Crippen LogP contribution is -2.14. The first-order valence-corrected chi connectivity index (χ1v) is 8.94. The predicted molar refractivity (Wildman–Crippen MR) is 92.8 cm³/mol. The highest BCUT2D eigenvalue weighted by Gasteiger charge is 2.11. The molecule has 0 saturated carbocycles. The molecule has 3 rings (SSSR count). The fourth-order valence-electron chi connectivity index (χ4n) is 1.80. The first-order valence-electron chi connectivity index (χ1n) is 6.73. The summed E-state index contributed by atoms with van der Waals surface area (Å²) < 4.78 is 20.6. The molecule has 1 aromatic carbocycles. The summed E-state index contributed by atoms with van der Waals surface area (Å²) in [7, 11) is 0. The number of rotatable bonds is 5. The molecule has 124 valence electrons. The van der Waals surface area contributed by atoms with E-state index in [0.29, 0.717) is 25.6 Å². The van der Waals surface area contributed by atoms with Crippen LogP contribution in [0.15, 0.2) is 39.2 Å². The van der Waals surface area contributed by atoms with E-state index in [9.17, 15) is 9.18 Å². The molecule has 2 heterocycles. The molecule has 0 atom stereocenters. The Morgan fingerprint density at radius 3 is 2.88 bits per heavy atom. The number of hydrogen-bond acceptors (Lipinski definition) is 7. The Morgan fingerprint density at radius 1 is 1.46 bits per heavy atom. The van der Waals surface area contributed by atoms with Gasteiger partial charge in [0.1, 0.15) is 11.6 Å². The van der Waals surface area contributed by atoms with Crippen molar-refractivity contribution in [3.05, 3.63) is 45.9 Å². The maximum atomic E-state index is 13.0. The third-order valence-electron chi connectivity index (χ3n) is 2.82. The highest BCUT2D eigenvalue weighted by atomic mass is 32.2. The monoisotopic (exact) mass is 382 g/mol. The number of aryl methyl sites for hydroxylation is 1. The van der Waals surface area contributed by atoms with E-state index in [-0.39, 0.29) is 17.5 Å². The zero-order valence-corrected chi connectivity index (χ0v) is 14.8. The van der Waals surface area contributed by atoms with Gasteiger partial charge in [-0.3, -0.25) is 4.79 Å². The summed E-state index contributed by atoms with van der Waals surface area (Å²) in [4.78, 5) is 11.9. The van der Waals surface area contributed by atoms with Crippen LogP contribution in [0.3, 0.4) is 0 Å². The molecule has 0 aliphatic heterocycles. The third kappa shape index (κ3) is 4.08. The number of carbonyl (C=O) groups excluding carboxylic acids is 1. The Labute approximate surface area is 149 Å². The minimum absolute atomic E-state index is 0.164. The fraction of sp³-hybridized carbons (Fsp3) is 0.143. The van der Waals surface area contributed by atoms with Crippen LogP contribution in [0.2, 0.25) is 0 Å². The number of anilines is 1. The highest BCUT2D eigenvalue weighted by molar-refractivity contribution is 8.01. The van der Waals surface area contributed by atoms with Gasteiger partial charge < -0.3 is 9.84 Å². The molecule has 0 bridgehead atoms. The summed E-state index contributed by atoms with van der Waals surface area (Å²) in [6.07, 6.45) is 0. The summed E-state index contributed by atoms with van der Waals surface area (Å²) in [5, 5.41) is 10.7. The lowest BCUT2D eigenvalue weighted by Gasteiger charge is -2.00. The van der Waals surface area contributed by atoms with Crippen molar-refractivity contribution in [2.75, 3.05) is 11.1 Å².